The first kappa shape index (κ1) is 15.4. The zero-order valence-electron chi connectivity index (χ0n) is 10.9. The molecule has 1 heterocycles. The second kappa shape index (κ2) is 7.68. The van der Waals surface area contributed by atoms with Gasteiger partial charge in [0.1, 0.15) is 0 Å². The molecule has 0 bridgehead atoms. The van der Waals surface area contributed by atoms with Gasteiger partial charge in [-0.3, -0.25) is 10.1 Å². The van der Waals surface area contributed by atoms with Crippen LogP contribution in [0.5, 0.6) is 0 Å². The Morgan fingerprint density at radius 1 is 1.33 bits per heavy atom. The Balaban J connectivity index is 2.30. The number of rotatable bonds is 7. The van der Waals surface area contributed by atoms with Crippen LogP contribution in [0.4, 0.5) is 0 Å². The zero-order chi connectivity index (χ0) is 13.4. The van der Waals surface area contributed by atoms with Crippen LogP contribution in [0.1, 0.15) is 26.2 Å². The summed E-state index contributed by atoms with van der Waals surface area (Å²) >= 11 is 0. The summed E-state index contributed by atoms with van der Waals surface area (Å²) in [6.45, 7) is 2.95. The van der Waals surface area contributed by atoms with Crippen molar-refractivity contribution in [3.63, 3.8) is 0 Å². The molecule has 1 aliphatic heterocycles. The van der Waals surface area contributed by atoms with E-state index in [-0.39, 0.29) is 31.7 Å². The number of carbonyl (C=O) groups is 1. The standard InChI is InChI=1S/C12H24N2O4/c1-2-12(8-15,9-16)13-7-11(17)14-10-3-5-18-6-4-10/h10,13,15-16H,2-9H2,1H3,(H,14,17). The Kier molecular flexibility index (Phi) is 6.56. The normalized spacial score (nSPS) is 17.7. The van der Waals surface area contributed by atoms with Gasteiger partial charge in [-0.05, 0) is 19.3 Å². The molecule has 1 rings (SSSR count). The van der Waals surface area contributed by atoms with E-state index in [2.05, 4.69) is 10.6 Å². The van der Waals surface area contributed by atoms with Gasteiger partial charge < -0.3 is 20.3 Å². The lowest BCUT2D eigenvalue weighted by Gasteiger charge is -2.30. The zero-order valence-corrected chi connectivity index (χ0v) is 10.9. The molecule has 0 radical (unpaired) electrons. The van der Waals surface area contributed by atoms with Gasteiger partial charge in [0.15, 0.2) is 0 Å². The molecule has 1 aliphatic rings. The molecule has 0 spiro atoms. The van der Waals surface area contributed by atoms with E-state index in [4.69, 9.17) is 4.74 Å². The van der Waals surface area contributed by atoms with Gasteiger partial charge in [-0.15, -0.1) is 0 Å². The van der Waals surface area contributed by atoms with Crippen LogP contribution in [-0.2, 0) is 9.53 Å². The maximum Gasteiger partial charge on any atom is 0.234 e. The van der Waals surface area contributed by atoms with Crippen LogP contribution in [0.2, 0.25) is 0 Å². The fraction of sp³-hybridized carbons (Fsp3) is 0.917. The Labute approximate surface area is 108 Å². The molecule has 4 N–H and O–H groups in total. The number of aliphatic hydroxyl groups is 2. The summed E-state index contributed by atoms with van der Waals surface area (Å²) in [7, 11) is 0. The monoisotopic (exact) mass is 260 g/mol. The third kappa shape index (κ3) is 4.53. The molecule has 0 aromatic carbocycles. The summed E-state index contributed by atoms with van der Waals surface area (Å²) in [4.78, 5) is 11.7. The maximum absolute atomic E-state index is 11.7. The van der Waals surface area contributed by atoms with Crippen LogP contribution in [0.15, 0.2) is 0 Å². The predicted octanol–water partition coefficient (Wildman–Crippen LogP) is -0.995. The van der Waals surface area contributed by atoms with Crippen molar-refractivity contribution < 1.29 is 19.7 Å². The number of hydrogen-bond acceptors (Lipinski definition) is 5. The lowest BCUT2D eigenvalue weighted by molar-refractivity contribution is -0.122. The van der Waals surface area contributed by atoms with E-state index in [9.17, 15) is 15.0 Å². The molecule has 1 saturated heterocycles. The molecule has 106 valence electrons. The second-order valence-electron chi connectivity index (χ2n) is 4.76. The number of nitrogens with one attached hydrogen (secondary N) is 2. The van der Waals surface area contributed by atoms with Crippen molar-refractivity contribution in [2.75, 3.05) is 33.0 Å². The van der Waals surface area contributed by atoms with Crippen molar-refractivity contribution in [3.05, 3.63) is 0 Å². The van der Waals surface area contributed by atoms with Gasteiger partial charge in [0.05, 0.1) is 25.3 Å². The van der Waals surface area contributed by atoms with Crippen LogP contribution in [0.25, 0.3) is 0 Å². The largest absolute Gasteiger partial charge is 0.394 e. The fourth-order valence-electron chi connectivity index (χ4n) is 1.90. The van der Waals surface area contributed by atoms with Crippen molar-refractivity contribution in [3.8, 4) is 0 Å². The number of ether oxygens (including phenoxy) is 1. The first-order valence-electron chi connectivity index (χ1n) is 6.49. The Morgan fingerprint density at radius 3 is 2.44 bits per heavy atom. The third-order valence-electron chi connectivity index (χ3n) is 3.49. The first-order valence-corrected chi connectivity index (χ1v) is 6.49. The molecule has 0 aromatic heterocycles. The molecule has 6 nitrogen and oxygen atoms in total. The Morgan fingerprint density at radius 2 is 1.94 bits per heavy atom. The molecule has 6 heteroatoms. The number of amides is 1. The topological polar surface area (TPSA) is 90.8 Å². The minimum atomic E-state index is -0.771. The smallest absolute Gasteiger partial charge is 0.234 e. The van der Waals surface area contributed by atoms with E-state index >= 15 is 0 Å². The summed E-state index contributed by atoms with van der Waals surface area (Å²) < 4.78 is 5.21. The van der Waals surface area contributed by atoms with E-state index in [1.807, 2.05) is 6.92 Å². The van der Waals surface area contributed by atoms with Crippen molar-refractivity contribution in [1.82, 2.24) is 10.6 Å². The van der Waals surface area contributed by atoms with Crippen molar-refractivity contribution in [1.29, 1.82) is 0 Å². The summed E-state index contributed by atoms with van der Waals surface area (Å²) in [5, 5.41) is 24.3. The van der Waals surface area contributed by atoms with E-state index in [1.165, 1.54) is 0 Å². The highest BCUT2D eigenvalue weighted by atomic mass is 16.5. The van der Waals surface area contributed by atoms with Crippen LogP contribution >= 0.6 is 0 Å². The van der Waals surface area contributed by atoms with Gasteiger partial charge in [-0.1, -0.05) is 6.92 Å². The van der Waals surface area contributed by atoms with Gasteiger partial charge in [0.2, 0.25) is 5.91 Å². The minimum Gasteiger partial charge on any atom is -0.394 e. The van der Waals surface area contributed by atoms with Gasteiger partial charge in [0, 0.05) is 19.3 Å². The number of carbonyl (C=O) groups excluding carboxylic acids is 1. The van der Waals surface area contributed by atoms with Crippen LogP contribution in [-0.4, -0.2) is 60.7 Å². The molecule has 0 unspecified atom stereocenters. The highest BCUT2D eigenvalue weighted by molar-refractivity contribution is 5.78. The van der Waals surface area contributed by atoms with Gasteiger partial charge in [0.25, 0.3) is 0 Å². The van der Waals surface area contributed by atoms with Gasteiger partial charge in [-0.25, -0.2) is 0 Å². The van der Waals surface area contributed by atoms with Crippen LogP contribution < -0.4 is 10.6 Å². The van der Waals surface area contributed by atoms with E-state index in [0.29, 0.717) is 19.6 Å². The molecule has 0 atom stereocenters. The fourth-order valence-corrected chi connectivity index (χ4v) is 1.90. The van der Waals surface area contributed by atoms with Gasteiger partial charge in [-0.2, -0.15) is 0 Å². The minimum absolute atomic E-state index is 0.103. The molecule has 0 aliphatic carbocycles. The van der Waals surface area contributed by atoms with E-state index in [0.717, 1.165) is 12.8 Å². The predicted molar refractivity (Wildman–Crippen MR) is 67.2 cm³/mol. The van der Waals surface area contributed by atoms with Crippen LogP contribution in [0, 0.1) is 0 Å². The summed E-state index contributed by atoms with van der Waals surface area (Å²) in [5.74, 6) is -0.110. The Hall–Kier alpha value is -0.690. The third-order valence-corrected chi connectivity index (χ3v) is 3.49. The average Bonchev–Trinajstić information content (AvgIpc) is 2.42. The quantitative estimate of drug-likeness (QED) is 0.471. The molecule has 0 aromatic rings. The van der Waals surface area contributed by atoms with E-state index in [1.54, 1.807) is 0 Å². The highest BCUT2D eigenvalue weighted by Gasteiger charge is 2.27. The second-order valence-corrected chi connectivity index (χ2v) is 4.76. The number of hydrogen-bond donors (Lipinski definition) is 4. The van der Waals surface area contributed by atoms with Crippen molar-refractivity contribution >= 4 is 5.91 Å². The van der Waals surface area contributed by atoms with E-state index < -0.39 is 5.54 Å². The van der Waals surface area contributed by atoms with Crippen molar-refractivity contribution in [2.45, 2.75) is 37.8 Å². The summed E-state index contributed by atoms with van der Waals surface area (Å²) in [6.07, 6.45) is 2.24. The van der Waals surface area contributed by atoms with Crippen LogP contribution in [0.3, 0.4) is 0 Å². The molecule has 0 saturated carbocycles. The number of aliphatic hydroxyl groups excluding tert-OH is 2. The molecular formula is C12H24N2O4. The SMILES string of the molecule is CCC(CO)(CO)NCC(=O)NC1CCOCC1. The molecular weight excluding hydrogens is 236 g/mol. The lowest BCUT2D eigenvalue weighted by Crippen LogP contribution is -2.55. The molecule has 1 amide bonds. The first-order chi connectivity index (χ1) is 8.65. The van der Waals surface area contributed by atoms with Gasteiger partial charge >= 0.3 is 0 Å². The summed E-state index contributed by atoms with van der Waals surface area (Å²) in [5.41, 5.74) is -0.771. The lowest BCUT2D eigenvalue weighted by atomic mass is 9.98. The Bertz CT molecular complexity index is 242. The highest BCUT2D eigenvalue weighted by Crippen LogP contribution is 2.08. The molecule has 18 heavy (non-hydrogen) atoms. The average molecular weight is 260 g/mol. The maximum atomic E-state index is 11.7. The summed E-state index contributed by atoms with van der Waals surface area (Å²) in [6, 6.07) is 0.173. The van der Waals surface area contributed by atoms with Crippen molar-refractivity contribution in [2.24, 2.45) is 0 Å². The molecule has 1 fully saturated rings.